The van der Waals surface area contributed by atoms with Gasteiger partial charge in [0.2, 0.25) is 36.9 Å². The van der Waals surface area contributed by atoms with Crippen molar-refractivity contribution in [3.8, 4) is 12.1 Å². The lowest BCUT2D eigenvalue weighted by Crippen LogP contribution is -2.45. The fourth-order valence-electron chi connectivity index (χ4n) is 9.63. The zero-order valence-corrected chi connectivity index (χ0v) is 74.7. The third-order valence-electron chi connectivity index (χ3n) is 17.0. The monoisotopic (exact) mass is 1770 g/mol. The van der Waals surface area contributed by atoms with Crippen LogP contribution in [0.1, 0.15) is 174 Å². The van der Waals surface area contributed by atoms with Gasteiger partial charge in [-0.3, -0.25) is 51.9 Å². The molecule has 5 atom stereocenters. The molecule has 0 bridgehead atoms. The Hall–Kier alpha value is -3.75. The van der Waals surface area contributed by atoms with Gasteiger partial charge in [-0.25, -0.2) is 9.24 Å². The van der Waals surface area contributed by atoms with Gasteiger partial charge in [-0.1, -0.05) is 60.7 Å². The molecule has 0 saturated carbocycles. The highest BCUT2D eigenvalue weighted by Crippen LogP contribution is 2.53. The SMILES string of the molecule is CC(C)N(C(C)C)P(O)OCCC#N.CC1(CO)CCN(C(=O)CN)CC1.CC1(COP(=S)(OCO)OCCC#N)CCN(C(=O)CN)CC1.CC1(COP(O)(=S)OCOP(=O)(O)S)CCN(C(=O)CN)CC1.CNC(=O)CCC(=O)O.CNC(=O)CCC(=O)O.CNCC(C)CO.O.[3H]CC1(C)CCN(C(=O)CC)CC1.[3H]OC. The van der Waals surface area contributed by atoms with Crippen LogP contribution < -0.4 is 33.2 Å². The molecule has 4 aliphatic rings. The van der Waals surface area contributed by atoms with E-state index in [1.807, 2.05) is 84.1 Å². The maximum absolute atomic E-state index is 11.6. The molecule has 4 saturated heterocycles. The van der Waals surface area contributed by atoms with Crippen molar-refractivity contribution in [3.05, 3.63) is 0 Å². The quantitative estimate of drug-likeness (QED) is 0.0187. The van der Waals surface area contributed by atoms with Gasteiger partial charge in [0.1, 0.15) is 0 Å². The number of nitriles is 2. The maximum atomic E-state index is 11.6. The Morgan fingerprint density at radius 2 is 1.00 bits per heavy atom. The standard InChI is InChI=1S/C13H24N3O5PS.C10H22N2O7P2S2.C10H19NO.C9H19N2O2P.C9H18N2O2.2C5H9NO3.C5H13NO.CH4O.H2O/c1-13(3-6-16(7-4-13)12(18)9-15)10-20-22(23,21-11-17)19-8-2-5-14;1-10(2-4-12(5-3-10)9(13)6-11)7-17-21(16,23)19-8-18-20(14,15)22;1-4-9(12)11-7-5-10(2,3)6-8-11;1-8(2)11(9(3)4)14(12)13-7-5-6-10;1-9(7-12)2-4-11(5-3-9)8(13)6-10;2*1-6-4(7)2-3-5(8)9;1-5(4-7)3-6-2;1-2;/h17H,2-4,6-11,15H2,1H3;2-8,11H2,1H3,(H,16,23)(H2,14,15,22);4-8H2,1-3H3;8-9,12H,5,7H2,1-4H3;12H,2-7,10H2,1H3;2*2-3H2,1H3,(H,6,7)(H,8,9);5-7H,3-4H2,1-2H3;2H,1H3;1H2/i;;2T;;;;;;2T;. The number of aliphatic hydroxyl groups excluding tert-OH is 4. The number of hydrogen-bond donors (Lipinski definition) is 16. The molecule has 0 radical (unpaired) electrons. The van der Waals surface area contributed by atoms with Crippen LogP contribution in [-0.4, -0.2) is 296 Å². The molecule has 4 aliphatic heterocycles. The molecule has 4 heterocycles. The highest BCUT2D eigenvalue weighted by molar-refractivity contribution is 8.44. The summed E-state index contributed by atoms with van der Waals surface area (Å²) in [6.07, 6.45) is 7.61. The first-order valence-corrected chi connectivity index (χ1v) is 45.5. The molecule has 4 rings (SSSR count). The van der Waals surface area contributed by atoms with Gasteiger partial charge in [0.15, 0.2) is 13.6 Å². The van der Waals surface area contributed by atoms with Crippen LogP contribution in [0.15, 0.2) is 0 Å². The van der Waals surface area contributed by atoms with Crippen molar-refractivity contribution in [2.45, 2.75) is 185 Å². The fraction of sp³-hybridized carbons (Fsp3) is 0.851. The lowest BCUT2D eigenvalue weighted by molar-refractivity contribution is -0.139. The molecule has 0 aliphatic carbocycles. The molecule has 20 N–H and O–H groups in total. The topological polar surface area (TPSA) is 610 Å². The summed E-state index contributed by atoms with van der Waals surface area (Å²) in [6.45, 7) is 16.5. The van der Waals surface area contributed by atoms with Crippen LogP contribution in [0.25, 0.3) is 0 Å². The second-order valence-corrected chi connectivity index (χ2v) is 37.6. The van der Waals surface area contributed by atoms with Crippen molar-refractivity contribution in [1.82, 2.24) is 40.2 Å². The number of rotatable bonds is 35. The summed E-state index contributed by atoms with van der Waals surface area (Å²) in [5.41, 5.74) is 15.7. The molecular weight excluding hydrogens is 1620 g/mol. The summed E-state index contributed by atoms with van der Waals surface area (Å²) in [5, 5.41) is 70.6. The number of amides is 6. The number of nitrogens with two attached hydrogens (primary N) is 3. The Bertz CT molecular complexity index is 2840. The second-order valence-electron chi connectivity index (χ2n) is 27.8. The van der Waals surface area contributed by atoms with Gasteiger partial charge < -0.3 is 122 Å². The number of carbonyl (C=O) groups is 8. The fourth-order valence-corrected chi connectivity index (χ4v) is 13.9. The van der Waals surface area contributed by atoms with E-state index in [9.17, 15) is 52.7 Å². The number of likely N-dealkylation sites (tertiary alicyclic amines) is 4. The predicted octanol–water partition coefficient (Wildman–Crippen LogP) is 3.22. The summed E-state index contributed by atoms with van der Waals surface area (Å²) in [7, 11) is 4.57. The number of carbonyl (C=O) groups excluding carboxylic acids is 6. The van der Waals surface area contributed by atoms with Crippen molar-refractivity contribution in [3.63, 3.8) is 0 Å². The Labute approximate surface area is 689 Å². The van der Waals surface area contributed by atoms with E-state index in [1.54, 1.807) is 14.7 Å². The molecule has 113 heavy (non-hydrogen) atoms. The van der Waals surface area contributed by atoms with Crippen LogP contribution in [0.3, 0.4) is 0 Å². The first-order valence-electron chi connectivity index (χ1n) is 37.6. The Morgan fingerprint density at radius 3 is 1.30 bits per heavy atom. The minimum atomic E-state index is -4.00. The number of hydrogen-bond acceptors (Lipinski definition) is 30. The molecule has 666 valence electrons. The smallest absolute Gasteiger partial charge is 0.385 e. The number of nitrogens with one attached hydrogen (secondary N) is 3. The second kappa shape index (κ2) is 67.1. The van der Waals surface area contributed by atoms with E-state index in [0.717, 1.165) is 71.2 Å². The van der Waals surface area contributed by atoms with E-state index in [-0.39, 0.29) is 153 Å². The molecule has 0 aromatic rings. The predicted molar refractivity (Wildman–Crippen MR) is 440 cm³/mol. The number of aliphatic carboxylic acids is 2. The summed E-state index contributed by atoms with van der Waals surface area (Å²) < 4.78 is 61.5. The highest BCUT2D eigenvalue weighted by Gasteiger charge is 2.37. The van der Waals surface area contributed by atoms with Gasteiger partial charge in [-0.2, -0.15) is 10.5 Å². The molecular formula is C67H139N13O26P4S3. The Balaban J connectivity index is -0.000000302. The summed E-state index contributed by atoms with van der Waals surface area (Å²) in [5.74, 6) is -1.86. The largest absolute Gasteiger partial charge is 0.481 e. The van der Waals surface area contributed by atoms with Gasteiger partial charge in [0.25, 0.3) is 8.53 Å². The summed E-state index contributed by atoms with van der Waals surface area (Å²) >= 11 is 13.3. The minimum Gasteiger partial charge on any atom is -0.481 e. The number of aliphatic hydroxyl groups is 4. The van der Waals surface area contributed by atoms with Gasteiger partial charge in [-0.15, -0.1) is 0 Å². The molecule has 5 unspecified atom stereocenters. The average molecular weight is 1770 g/mol. The van der Waals surface area contributed by atoms with Crippen molar-refractivity contribution < 1.29 is 127 Å². The third kappa shape index (κ3) is 63.0. The van der Waals surface area contributed by atoms with E-state index in [4.69, 9.17) is 112 Å². The van der Waals surface area contributed by atoms with Crippen molar-refractivity contribution in [2.75, 3.05) is 160 Å². The van der Waals surface area contributed by atoms with Crippen LogP contribution in [0.4, 0.5) is 0 Å². The van der Waals surface area contributed by atoms with Gasteiger partial charge in [0, 0.05) is 119 Å². The van der Waals surface area contributed by atoms with E-state index < -0.39 is 54.3 Å². The van der Waals surface area contributed by atoms with E-state index in [2.05, 4.69) is 51.7 Å². The third-order valence-corrected chi connectivity index (χ3v) is 23.4. The summed E-state index contributed by atoms with van der Waals surface area (Å²) in [6, 6.07) is 4.41. The number of carboxylic acids is 2. The van der Waals surface area contributed by atoms with E-state index >= 15 is 0 Å². The lowest BCUT2D eigenvalue weighted by atomic mass is 9.81. The van der Waals surface area contributed by atoms with E-state index in [0.29, 0.717) is 77.9 Å². The number of nitrogens with zero attached hydrogens (tertiary/aromatic N) is 7. The van der Waals surface area contributed by atoms with Crippen molar-refractivity contribution in [2.24, 2.45) is 44.8 Å². The highest BCUT2D eigenvalue weighted by atomic mass is 32.7. The van der Waals surface area contributed by atoms with Crippen LogP contribution in [0.2, 0.25) is 0 Å². The zero-order chi connectivity index (χ0) is 89.0. The van der Waals surface area contributed by atoms with Crippen LogP contribution in [0, 0.1) is 50.2 Å². The molecule has 39 nitrogen and oxygen atoms in total. The van der Waals surface area contributed by atoms with E-state index in [1.165, 1.54) is 21.2 Å². The molecule has 6 amide bonds. The van der Waals surface area contributed by atoms with Crippen LogP contribution in [0.5, 0.6) is 0 Å². The molecule has 0 aromatic heterocycles. The average Bonchev–Trinajstić information content (AvgIpc) is 0.836. The van der Waals surface area contributed by atoms with Gasteiger partial charge in [-0.05, 0) is 144 Å². The first kappa shape index (κ1) is 116. The van der Waals surface area contributed by atoms with Crippen LogP contribution >= 0.6 is 41.0 Å². The number of piperidine rings is 4. The Morgan fingerprint density at radius 1 is 0.628 bits per heavy atom. The van der Waals surface area contributed by atoms with Gasteiger partial charge in [0.05, 0.1) is 83.9 Å². The van der Waals surface area contributed by atoms with Crippen molar-refractivity contribution >= 4 is 112 Å². The van der Waals surface area contributed by atoms with Crippen LogP contribution in [-0.2, 0) is 98.2 Å². The normalized spacial score (nSPS) is 17.8. The minimum absolute atomic E-state index is 0. The molecule has 0 aromatic carbocycles. The first-order chi connectivity index (χ1) is 53.1. The number of thiol groups is 1. The maximum Gasteiger partial charge on any atom is 0.385 e. The van der Waals surface area contributed by atoms with Crippen molar-refractivity contribution in [1.29, 1.82) is 12.0 Å². The molecule has 0 spiro atoms. The zero-order valence-electron chi connectivity index (χ0n) is 70.6. The summed E-state index contributed by atoms with van der Waals surface area (Å²) in [4.78, 5) is 122. The Kier molecular flexibility index (Phi) is 68.6. The molecule has 46 heteroatoms. The van der Waals surface area contributed by atoms with Gasteiger partial charge >= 0.3 is 32.2 Å². The number of carboxylic acid groups (broad SMARTS) is 2. The molecule has 4 fully saturated rings. The lowest BCUT2D eigenvalue weighted by Gasteiger charge is -2.39.